The normalized spacial score (nSPS) is 23.3. The van der Waals surface area contributed by atoms with E-state index < -0.39 is 23.3 Å². The summed E-state index contributed by atoms with van der Waals surface area (Å²) < 4.78 is 61.1. The molecule has 2 aliphatic rings. The van der Waals surface area contributed by atoms with E-state index in [9.17, 15) is 18.0 Å². The molecule has 166 valence electrons. The van der Waals surface area contributed by atoms with Gasteiger partial charge in [0.05, 0.1) is 0 Å². The first-order valence-electron chi connectivity index (χ1n) is 11.0. The van der Waals surface area contributed by atoms with Crippen LogP contribution in [0.25, 0.3) is 11.1 Å². The third-order valence-corrected chi connectivity index (χ3v) is 6.85. The van der Waals surface area contributed by atoms with Crippen LogP contribution in [0.15, 0.2) is 24.3 Å². The lowest BCUT2D eigenvalue weighted by Gasteiger charge is -2.36. The molecule has 0 aromatic heterocycles. The highest BCUT2D eigenvalue weighted by atomic mass is 19.2. The van der Waals surface area contributed by atoms with Gasteiger partial charge in [0.1, 0.15) is 11.9 Å². The van der Waals surface area contributed by atoms with Crippen LogP contribution >= 0.6 is 0 Å². The van der Waals surface area contributed by atoms with Crippen molar-refractivity contribution < 1.29 is 27.1 Å². The van der Waals surface area contributed by atoms with Gasteiger partial charge < -0.3 is 4.74 Å². The molecule has 0 radical (unpaired) electrons. The Morgan fingerprint density at radius 3 is 2.26 bits per heavy atom. The number of halogens is 4. The van der Waals surface area contributed by atoms with Crippen LogP contribution in [0.1, 0.15) is 56.6 Å². The van der Waals surface area contributed by atoms with Gasteiger partial charge in [0.2, 0.25) is 0 Å². The number of rotatable bonds is 4. The maximum absolute atomic E-state index is 15.2. The van der Waals surface area contributed by atoms with Gasteiger partial charge in [-0.15, -0.1) is 0 Å². The van der Waals surface area contributed by atoms with E-state index in [1.807, 2.05) is 6.07 Å². The lowest BCUT2D eigenvalue weighted by molar-refractivity contribution is -0.150. The number of ether oxygens (including phenoxy) is 1. The molecule has 6 heteroatoms. The fourth-order valence-electron chi connectivity index (χ4n) is 5.12. The fraction of sp³-hybridized carbons (Fsp3) is 0.480. The molecule has 1 unspecified atom stereocenters. The standard InChI is InChI=1S/C25H26F4O2/c1-2-23(30)31-18-7-3-14(4-8-18)15-5-9-19-16(11-15)6-10-20(24(19)28)17-12-21(26)25(29)22(27)13-17/h6,10,12-15,18H,2-5,7-9,11H2,1H3. The van der Waals surface area contributed by atoms with E-state index in [0.717, 1.165) is 56.2 Å². The molecule has 0 bridgehead atoms. The zero-order valence-electron chi connectivity index (χ0n) is 17.5. The number of esters is 1. The van der Waals surface area contributed by atoms with Crippen LogP contribution in [0.5, 0.6) is 0 Å². The maximum atomic E-state index is 15.2. The Balaban J connectivity index is 1.47. The van der Waals surface area contributed by atoms with Gasteiger partial charge in [0, 0.05) is 12.0 Å². The maximum Gasteiger partial charge on any atom is 0.305 e. The van der Waals surface area contributed by atoms with Gasteiger partial charge in [-0.1, -0.05) is 19.1 Å². The van der Waals surface area contributed by atoms with Crippen molar-refractivity contribution in [2.24, 2.45) is 11.8 Å². The van der Waals surface area contributed by atoms with Gasteiger partial charge in [-0.3, -0.25) is 4.79 Å². The summed E-state index contributed by atoms with van der Waals surface area (Å²) in [5, 5.41) is 0. The molecule has 2 aliphatic carbocycles. The van der Waals surface area contributed by atoms with Gasteiger partial charge in [-0.05, 0) is 85.6 Å². The molecule has 1 fully saturated rings. The summed E-state index contributed by atoms with van der Waals surface area (Å²) in [5.41, 5.74) is 1.61. The number of hydrogen-bond acceptors (Lipinski definition) is 2. The first-order valence-corrected chi connectivity index (χ1v) is 11.0. The van der Waals surface area contributed by atoms with Crippen LogP contribution in [0.3, 0.4) is 0 Å². The number of benzene rings is 2. The molecule has 31 heavy (non-hydrogen) atoms. The van der Waals surface area contributed by atoms with Crippen molar-refractivity contribution in [2.75, 3.05) is 0 Å². The summed E-state index contributed by atoms with van der Waals surface area (Å²) in [6, 6.07) is 5.02. The average Bonchev–Trinajstić information content (AvgIpc) is 2.77. The molecule has 1 saturated carbocycles. The van der Waals surface area contributed by atoms with E-state index in [2.05, 4.69) is 0 Å². The zero-order chi connectivity index (χ0) is 22.1. The Morgan fingerprint density at radius 2 is 1.61 bits per heavy atom. The Hall–Kier alpha value is -2.37. The Bertz CT molecular complexity index is 957. The third-order valence-electron chi connectivity index (χ3n) is 6.85. The van der Waals surface area contributed by atoms with Gasteiger partial charge >= 0.3 is 5.97 Å². The Labute approximate surface area is 179 Å². The van der Waals surface area contributed by atoms with Gasteiger partial charge in [-0.2, -0.15) is 0 Å². The number of hydrogen-bond donors (Lipinski definition) is 0. The minimum atomic E-state index is -1.55. The van der Waals surface area contributed by atoms with Gasteiger partial charge in [0.25, 0.3) is 0 Å². The van der Waals surface area contributed by atoms with Crippen LogP contribution in [0, 0.1) is 35.1 Å². The van der Waals surface area contributed by atoms with E-state index in [1.165, 1.54) is 6.07 Å². The van der Waals surface area contributed by atoms with Crippen molar-refractivity contribution in [2.45, 2.75) is 64.4 Å². The smallest absolute Gasteiger partial charge is 0.305 e. The Kier molecular flexibility index (Phi) is 6.35. The highest BCUT2D eigenvalue weighted by molar-refractivity contribution is 5.69. The molecule has 0 amide bonds. The minimum Gasteiger partial charge on any atom is -0.462 e. The fourth-order valence-corrected chi connectivity index (χ4v) is 5.12. The van der Waals surface area contributed by atoms with Crippen LogP contribution < -0.4 is 0 Å². The monoisotopic (exact) mass is 434 g/mol. The summed E-state index contributed by atoms with van der Waals surface area (Å²) in [6.45, 7) is 1.79. The molecule has 1 atom stereocenters. The summed E-state index contributed by atoms with van der Waals surface area (Å²) in [4.78, 5) is 11.5. The van der Waals surface area contributed by atoms with Crippen molar-refractivity contribution in [1.82, 2.24) is 0 Å². The Morgan fingerprint density at radius 1 is 0.935 bits per heavy atom. The van der Waals surface area contributed by atoms with E-state index in [1.54, 1.807) is 6.92 Å². The second kappa shape index (κ2) is 9.01. The molecule has 0 spiro atoms. The molecule has 0 saturated heterocycles. The average molecular weight is 434 g/mol. The molecular weight excluding hydrogens is 408 g/mol. The van der Waals surface area contributed by atoms with Crippen LogP contribution in [0.2, 0.25) is 0 Å². The topological polar surface area (TPSA) is 26.3 Å². The molecule has 4 rings (SSSR count). The van der Waals surface area contributed by atoms with Crippen molar-refractivity contribution in [1.29, 1.82) is 0 Å². The van der Waals surface area contributed by atoms with Crippen molar-refractivity contribution >= 4 is 5.97 Å². The SMILES string of the molecule is CCC(=O)OC1CCC(C2CCc3c(ccc(-c4cc(F)c(F)c(F)c4)c3F)C2)CC1. The molecule has 2 nitrogen and oxygen atoms in total. The lowest BCUT2D eigenvalue weighted by Crippen LogP contribution is -2.30. The number of carbonyl (C=O) groups excluding carboxylic acids is 1. The minimum absolute atomic E-state index is 0.00114. The quantitative estimate of drug-likeness (QED) is 0.311. The van der Waals surface area contributed by atoms with Gasteiger partial charge in [0.15, 0.2) is 17.5 Å². The van der Waals surface area contributed by atoms with Crippen molar-refractivity contribution in [3.05, 3.63) is 58.7 Å². The molecule has 0 aliphatic heterocycles. The van der Waals surface area contributed by atoms with E-state index in [-0.39, 0.29) is 23.2 Å². The predicted molar refractivity (Wildman–Crippen MR) is 109 cm³/mol. The summed E-state index contributed by atoms with van der Waals surface area (Å²) in [6.07, 6.45) is 6.32. The van der Waals surface area contributed by atoms with Crippen molar-refractivity contribution in [3.63, 3.8) is 0 Å². The molecule has 0 heterocycles. The molecular formula is C25H26F4O2. The highest BCUT2D eigenvalue weighted by Gasteiger charge is 2.32. The van der Waals surface area contributed by atoms with Crippen molar-refractivity contribution in [3.8, 4) is 11.1 Å². The van der Waals surface area contributed by atoms with Gasteiger partial charge in [-0.25, -0.2) is 17.6 Å². The molecule has 2 aromatic carbocycles. The van der Waals surface area contributed by atoms with E-state index in [4.69, 9.17) is 4.74 Å². The summed E-state index contributed by atoms with van der Waals surface area (Å²) in [5.74, 6) is -3.86. The molecule has 0 N–H and O–H groups in total. The molecule has 2 aromatic rings. The second-order valence-electron chi connectivity index (χ2n) is 8.70. The largest absolute Gasteiger partial charge is 0.462 e. The predicted octanol–water partition coefficient (Wildman–Crippen LogP) is 6.53. The summed E-state index contributed by atoms with van der Waals surface area (Å²) >= 11 is 0. The van der Waals surface area contributed by atoms with E-state index in [0.29, 0.717) is 30.2 Å². The van der Waals surface area contributed by atoms with Crippen LogP contribution in [-0.2, 0) is 22.4 Å². The van der Waals surface area contributed by atoms with Crippen LogP contribution in [0.4, 0.5) is 17.6 Å². The second-order valence-corrected chi connectivity index (χ2v) is 8.70. The summed E-state index contributed by atoms with van der Waals surface area (Å²) in [7, 11) is 0. The first kappa shape index (κ1) is 21.8. The number of fused-ring (bicyclic) bond motifs is 1. The van der Waals surface area contributed by atoms with E-state index >= 15 is 4.39 Å². The third kappa shape index (κ3) is 4.48. The number of carbonyl (C=O) groups is 1. The zero-order valence-corrected chi connectivity index (χ0v) is 17.5. The van der Waals surface area contributed by atoms with Crippen LogP contribution in [-0.4, -0.2) is 12.1 Å². The lowest BCUT2D eigenvalue weighted by atomic mass is 9.71. The first-order chi connectivity index (χ1) is 14.9. The highest BCUT2D eigenvalue weighted by Crippen LogP contribution is 2.40.